The number of para-hydroxylation sites is 1. The molecule has 2 amide bonds. The number of rotatable bonds is 5. The molecule has 2 N–H and O–H groups in total. The molecule has 0 aromatic heterocycles. The zero-order chi connectivity index (χ0) is 16.7. The third-order valence-electron chi connectivity index (χ3n) is 3.05. The first-order valence-corrected chi connectivity index (χ1v) is 6.88. The number of amides is 2. The number of carbonyl (C=O) groups is 2. The third-order valence-corrected chi connectivity index (χ3v) is 3.05. The number of halogens is 1. The number of nitrogens with zero attached hydrogens (tertiary/aromatic N) is 1. The number of hydrogen-bond donors (Lipinski definition) is 2. The summed E-state index contributed by atoms with van der Waals surface area (Å²) in [6, 6.07) is 14.0. The molecule has 23 heavy (non-hydrogen) atoms. The van der Waals surface area contributed by atoms with E-state index < -0.39 is 5.91 Å². The van der Waals surface area contributed by atoms with Crippen LogP contribution >= 0.6 is 0 Å². The second-order valence-corrected chi connectivity index (χ2v) is 4.74. The minimum absolute atomic E-state index is 0.236. The van der Waals surface area contributed by atoms with Crippen LogP contribution in [-0.2, 0) is 11.3 Å². The third kappa shape index (κ3) is 4.64. The Morgan fingerprint density at radius 1 is 1.09 bits per heavy atom. The van der Waals surface area contributed by atoms with Crippen LogP contribution in [0.5, 0.6) is 0 Å². The van der Waals surface area contributed by atoms with Crippen LogP contribution in [-0.4, -0.2) is 11.8 Å². The quantitative estimate of drug-likeness (QED) is 0.890. The fourth-order valence-electron chi connectivity index (χ4n) is 1.94. The maximum absolute atomic E-state index is 12.8. The first kappa shape index (κ1) is 16.2. The van der Waals surface area contributed by atoms with Crippen LogP contribution in [0, 0.1) is 17.1 Å². The molecular formula is C17H14FN3O2. The fraction of sp³-hybridized carbons (Fsp3) is 0.118. The van der Waals surface area contributed by atoms with Gasteiger partial charge >= 0.3 is 0 Å². The van der Waals surface area contributed by atoms with Crippen molar-refractivity contribution < 1.29 is 14.0 Å². The molecule has 0 saturated carbocycles. The maximum Gasteiger partial charge on any atom is 0.253 e. The van der Waals surface area contributed by atoms with E-state index in [2.05, 4.69) is 10.6 Å². The lowest BCUT2D eigenvalue weighted by Crippen LogP contribution is -2.24. The van der Waals surface area contributed by atoms with E-state index in [9.17, 15) is 14.0 Å². The average Bonchev–Trinajstić information content (AvgIpc) is 2.55. The summed E-state index contributed by atoms with van der Waals surface area (Å²) in [7, 11) is 0. The van der Waals surface area contributed by atoms with Gasteiger partial charge in [0.2, 0.25) is 5.91 Å². The summed E-state index contributed by atoms with van der Waals surface area (Å²) in [6.45, 7) is 0.236. The maximum atomic E-state index is 12.8. The van der Waals surface area contributed by atoms with Gasteiger partial charge in [-0.05, 0) is 29.8 Å². The fourth-order valence-corrected chi connectivity index (χ4v) is 1.94. The van der Waals surface area contributed by atoms with Gasteiger partial charge in [-0.15, -0.1) is 0 Å². The second-order valence-electron chi connectivity index (χ2n) is 4.74. The first-order valence-electron chi connectivity index (χ1n) is 6.88. The van der Waals surface area contributed by atoms with Crippen molar-refractivity contribution in [3.8, 4) is 6.07 Å². The molecule has 0 aliphatic rings. The lowest BCUT2D eigenvalue weighted by atomic mass is 10.1. The van der Waals surface area contributed by atoms with Crippen molar-refractivity contribution in [3.05, 3.63) is 65.5 Å². The van der Waals surface area contributed by atoms with Gasteiger partial charge in [-0.1, -0.05) is 24.3 Å². The zero-order valence-corrected chi connectivity index (χ0v) is 12.2. The van der Waals surface area contributed by atoms with E-state index in [1.54, 1.807) is 42.5 Å². The van der Waals surface area contributed by atoms with Crippen LogP contribution in [0.3, 0.4) is 0 Å². The highest BCUT2D eigenvalue weighted by atomic mass is 19.1. The summed E-state index contributed by atoms with van der Waals surface area (Å²) in [5.41, 5.74) is 1.39. The van der Waals surface area contributed by atoms with Crippen molar-refractivity contribution in [1.29, 1.82) is 5.26 Å². The number of nitrogens with one attached hydrogen (secondary N) is 2. The lowest BCUT2D eigenvalue weighted by Gasteiger charge is -2.10. The molecule has 0 heterocycles. The monoisotopic (exact) mass is 311 g/mol. The van der Waals surface area contributed by atoms with Gasteiger partial charge in [-0.25, -0.2) is 4.39 Å². The molecule has 0 fully saturated rings. The normalized spacial score (nSPS) is 9.74. The van der Waals surface area contributed by atoms with E-state index in [0.29, 0.717) is 11.3 Å². The van der Waals surface area contributed by atoms with E-state index in [1.165, 1.54) is 12.1 Å². The van der Waals surface area contributed by atoms with Gasteiger partial charge in [-0.2, -0.15) is 5.26 Å². The van der Waals surface area contributed by atoms with Crippen LogP contribution in [0.25, 0.3) is 0 Å². The van der Waals surface area contributed by atoms with Crippen molar-refractivity contribution >= 4 is 17.5 Å². The summed E-state index contributed by atoms with van der Waals surface area (Å²) in [5, 5.41) is 13.7. The van der Waals surface area contributed by atoms with Gasteiger partial charge in [0, 0.05) is 6.54 Å². The van der Waals surface area contributed by atoms with Gasteiger partial charge in [0.15, 0.2) is 0 Å². The highest BCUT2D eigenvalue weighted by molar-refractivity contribution is 6.04. The van der Waals surface area contributed by atoms with Crippen molar-refractivity contribution in [3.63, 3.8) is 0 Å². The van der Waals surface area contributed by atoms with E-state index in [0.717, 1.165) is 5.56 Å². The predicted molar refractivity (Wildman–Crippen MR) is 82.9 cm³/mol. The van der Waals surface area contributed by atoms with Crippen LogP contribution in [0.15, 0.2) is 48.5 Å². The Morgan fingerprint density at radius 2 is 1.78 bits per heavy atom. The average molecular weight is 311 g/mol. The minimum atomic E-state index is -0.480. The Labute approximate surface area is 132 Å². The van der Waals surface area contributed by atoms with Crippen LogP contribution in [0.1, 0.15) is 22.3 Å². The van der Waals surface area contributed by atoms with E-state index in [4.69, 9.17) is 5.26 Å². The topological polar surface area (TPSA) is 82.0 Å². The Morgan fingerprint density at radius 3 is 2.48 bits per heavy atom. The van der Waals surface area contributed by atoms with Gasteiger partial charge in [0.1, 0.15) is 12.2 Å². The molecule has 0 bridgehead atoms. The highest BCUT2D eigenvalue weighted by Crippen LogP contribution is 2.15. The largest absolute Gasteiger partial charge is 0.348 e. The molecule has 0 saturated heterocycles. The standard InChI is InChI=1S/C17H14FN3O2/c18-13-7-5-12(6-8-13)11-20-17(23)14-3-1-2-4-15(14)21-16(22)9-10-19/h1-8H,9,11H2,(H,20,23)(H,21,22). The van der Waals surface area contributed by atoms with Crippen LogP contribution < -0.4 is 10.6 Å². The van der Waals surface area contributed by atoms with Crippen molar-refractivity contribution in [2.45, 2.75) is 13.0 Å². The zero-order valence-electron chi connectivity index (χ0n) is 12.2. The summed E-state index contributed by atoms with van der Waals surface area (Å²) >= 11 is 0. The summed E-state index contributed by atoms with van der Waals surface area (Å²) in [6.07, 6.45) is -0.286. The molecule has 5 nitrogen and oxygen atoms in total. The SMILES string of the molecule is N#CCC(=O)Nc1ccccc1C(=O)NCc1ccc(F)cc1. The van der Waals surface area contributed by atoms with Crippen LogP contribution in [0.4, 0.5) is 10.1 Å². The molecule has 0 atom stereocenters. The van der Waals surface area contributed by atoms with Crippen molar-refractivity contribution in [2.24, 2.45) is 0 Å². The van der Waals surface area contributed by atoms with Gasteiger partial charge in [0.25, 0.3) is 5.91 Å². The van der Waals surface area contributed by atoms with Crippen molar-refractivity contribution in [1.82, 2.24) is 5.32 Å². The smallest absolute Gasteiger partial charge is 0.253 e. The summed E-state index contributed by atoms with van der Waals surface area (Å²) in [5.74, 6) is -1.20. The number of hydrogen-bond acceptors (Lipinski definition) is 3. The first-order chi connectivity index (χ1) is 11.1. The Kier molecular flexibility index (Phi) is 5.42. The summed E-state index contributed by atoms with van der Waals surface area (Å²) < 4.78 is 12.8. The lowest BCUT2D eigenvalue weighted by molar-refractivity contribution is -0.115. The van der Waals surface area contributed by atoms with Crippen molar-refractivity contribution in [2.75, 3.05) is 5.32 Å². The Bertz CT molecular complexity index is 751. The molecule has 2 rings (SSSR count). The Balaban J connectivity index is 2.05. The number of benzene rings is 2. The summed E-state index contributed by atoms with van der Waals surface area (Å²) in [4.78, 5) is 23.7. The molecule has 2 aromatic rings. The van der Waals surface area contributed by atoms with Crippen LogP contribution in [0.2, 0.25) is 0 Å². The molecule has 0 radical (unpaired) electrons. The Hall–Kier alpha value is -3.20. The second kappa shape index (κ2) is 7.71. The van der Waals surface area contributed by atoms with E-state index >= 15 is 0 Å². The van der Waals surface area contributed by atoms with Gasteiger partial charge in [-0.3, -0.25) is 9.59 Å². The molecule has 0 aliphatic carbocycles. The molecule has 0 unspecified atom stereocenters. The molecular weight excluding hydrogens is 297 g/mol. The number of nitriles is 1. The number of anilines is 1. The molecule has 0 aliphatic heterocycles. The minimum Gasteiger partial charge on any atom is -0.348 e. The predicted octanol–water partition coefficient (Wildman–Crippen LogP) is 2.61. The molecule has 116 valence electrons. The molecule has 0 spiro atoms. The molecule has 2 aromatic carbocycles. The molecule has 6 heteroatoms. The highest BCUT2D eigenvalue weighted by Gasteiger charge is 2.12. The van der Waals surface area contributed by atoms with E-state index in [-0.39, 0.29) is 24.7 Å². The van der Waals surface area contributed by atoms with Gasteiger partial charge in [0.05, 0.1) is 17.3 Å². The van der Waals surface area contributed by atoms with Gasteiger partial charge < -0.3 is 10.6 Å². The number of carbonyl (C=O) groups excluding carboxylic acids is 2. The van der Waals surface area contributed by atoms with E-state index in [1.807, 2.05) is 0 Å².